The summed E-state index contributed by atoms with van der Waals surface area (Å²) in [6, 6.07) is 0. The minimum atomic E-state index is -0.384. The average molecular weight is 203 g/mol. The lowest BCUT2D eigenvalue weighted by Crippen LogP contribution is -2.11. The van der Waals surface area contributed by atoms with E-state index in [9.17, 15) is 0 Å². The van der Waals surface area contributed by atoms with E-state index in [2.05, 4.69) is 25.9 Å². The van der Waals surface area contributed by atoms with Crippen LogP contribution in [0.2, 0.25) is 0 Å². The molecule has 0 amide bonds. The molecular weight excluding hydrogens is 194 g/mol. The van der Waals surface area contributed by atoms with Gasteiger partial charge in [0.2, 0.25) is 11.8 Å². The van der Waals surface area contributed by atoms with Gasteiger partial charge in [0.05, 0.1) is 6.33 Å². The Bertz CT molecular complexity index is 527. The Morgan fingerprint density at radius 3 is 3.13 bits per heavy atom. The molecule has 0 aliphatic rings. The molecule has 6 heteroatoms. The van der Waals surface area contributed by atoms with Crippen LogP contribution in [0.25, 0.3) is 11.2 Å². The number of nitrogen functional groups attached to an aromatic ring is 1. The minimum Gasteiger partial charge on any atom is -0.460 e. The van der Waals surface area contributed by atoms with Crippen LogP contribution in [0, 0.1) is 12.3 Å². The quantitative estimate of drug-likeness (QED) is 0.687. The number of aromatic amines is 1. The van der Waals surface area contributed by atoms with E-state index >= 15 is 0 Å². The summed E-state index contributed by atoms with van der Waals surface area (Å²) in [4.78, 5) is 14.7. The second kappa shape index (κ2) is 3.46. The predicted octanol–water partition coefficient (Wildman–Crippen LogP) is 0.336. The van der Waals surface area contributed by atoms with Gasteiger partial charge in [-0.2, -0.15) is 9.97 Å². The van der Waals surface area contributed by atoms with Crippen LogP contribution in [0.4, 0.5) is 5.95 Å². The SMILES string of the molecule is C#CC(C)Oc1nc(N)nc2nc[nH]c12. The van der Waals surface area contributed by atoms with Crippen molar-refractivity contribution in [3.63, 3.8) is 0 Å². The number of nitrogens with zero attached hydrogens (tertiary/aromatic N) is 3. The van der Waals surface area contributed by atoms with Crippen LogP contribution in [0.15, 0.2) is 6.33 Å². The Morgan fingerprint density at radius 2 is 2.40 bits per heavy atom. The number of imidazole rings is 1. The summed E-state index contributed by atoms with van der Waals surface area (Å²) in [7, 11) is 0. The molecule has 6 nitrogen and oxygen atoms in total. The summed E-state index contributed by atoms with van der Waals surface area (Å²) in [6.45, 7) is 1.74. The van der Waals surface area contributed by atoms with Crippen LogP contribution in [0.3, 0.4) is 0 Å². The fraction of sp³-hybridized carbons (Fsp3) is 0.222. The van der Waals surface area contributed by atoms with Gasteiger partial charge in [0, 0.05) is 0 Å². The Kier molecular flexibility index (Phi) is 2.14. The molecule has 0 spiro atoms. The van der Waals surface area contributed by atoms with Crippen LogP contribution in [-0.2, 0) is 0 Å². The molecule has 76 valence electrons. The first-order valence-electron chi connectivity index (χ1n) is 4.30. The molecule has 0 saturated carbocycles. The van der Waals surface area contributed by atoms with Crippen LogP contribution < -0.4 is 10.5 Å². The van der Waals surface area contributed by atoms with Gasteiger partial charge in [-0.05, 0) is 6.92 Å². The lowest BCUT2D eigenvalue weighted by Gasteiger charge is -2.08. The van der Waals surface area contributed by atoms with Crippen molar-refractivity contribution in [1.29, 1.82) is 0 Å². The molecule has 1 unspecified atom stereocenters. The first-order chi connectivity index (χ1) is 7.20. The number of ether oxygens (including phenoxy) is 1. The van der Waals surface area contributed by atoms with Crippen molar-refractivity contribution in [2.24, 2.45) is 0 Å². The Balaban J connectivity index is 2.49. The molecule has 0 fully saturated rings. The Labute approximate surface area is 85.9 Å². The summed E-state index contributed by atoms with van der Waals surface area (Å²) in [5.74, 6) is 2.86. The van der Waals surface area contributed by atoms with E-state index in [4.69, 9.17) is 16.9 Å². The third kappa shape index (κ3) is 1.67. The number of rotatable bonds is 2. The Morgan fingerprint density at radius 1 is 1.60 bits per heavy atom. The van der Waals surface area contributed by atoms with Gasteiger partial charge in [-0.3, -0.25) is 0 Å². The number of nitrogens with two attached hydrogens (primary N) is 1. The summed E-state index contributed by atoms with van der Waals surface area (Å²) in [5.41, 5.74) is 6.54. The van der Waals surface area contributed by atoms with Crippen molar-refractivity contribution >= 4 is 17.1 Å². The van der Waals surface area contributed by atoms with E-state index in [0.29, 0.717) is 17.0 Å². The largest absolute Gasteiger partial charge is 0.460 e. The summed E-state index contributed by atoms with van der Waals surface area (Å²) in [6.07, 6.45) is 6.31. The van der Waals surface area contributed by atoms with Crippen molar-refractivity contribution < 1.29 is 4.74 Å². The maximum Gasteiger partial charge on any atom is 0.246 e. The van der Waals surface area contributed by atoms with Crippen LogP contribution >= 0.6 is 0 Å². The van der Waals surface area contributed by atoms with E-state index in [1.54, 1.807) is 6.92 Å². The normalized spacial score (nSPS) is 12.3. The highest BCUT2D eigenvalue weighted by Gasteiger charge is 2.11. The lowest BCUT2D eigenvalue weighted by molar-refractivity contribution is 0.271. The van der Waals surface area contributed by atoms with Gasteiger partial charge in [0.15, 0.2) is 11.8 Å². The van der Waals surface area contributed by atoms with Crippen LogP contribution in [-0.4, -0.2) is 26.0 Å². The minimum absolute atomic E-state index is 0.105. The van der Waals surface area contributed by atoms with Gasteiger partial charge in [0.25, 0.3) is 0 Å². The molecular formula is C9H9N5O. The van der Waals surface area contributed by atoms with E-state index in [1.165, 1.54) is 6.33 Å². The van der Waals surface area contributed by atoms with Gasteiger partial charge < -0.3 is 15.5 Å². The number of hydrogen-bond acceptors (Lipinski definition) is 5. The van der Waals surface area contributed by atoms with Crippen molar-refractivity contribution in [1.82, 2.24) is 19.9 Å². The summed E-state index contributed by atoms with van der Waals surface area (Å²) < 4.78 is 5.38. The second-order valence-corrected chi connectivity index (χ2v) is 2.91. The molecule has 2 aromatic rings. The lowest BCUT2D eigenvalue weighted by atomic mass is 10.4. The summed E-state index contributed by atoms with van der Waals surface area (Å²) >= 11 is 0. The topological polar surface area (TPSA) is 89.7 Å². The highest BCUT2D eigenvalue weighted by atomic mass is 16.5. The van der Waals surface area contributed by atoms with E-state index in [-0.39, 0.29) is 12.1 Å². The smallest absolute Gasteiger partial charge is 0.246 e. The van der Waals surface area contributed by atoms with E-state index in [0.717, 1.165) is 0 Å². The molecule has 1 atom stereocenters. The zero-order valence-electron chi connectivity index (χ0n) is 8.06. The van der Waals surface area contributed by atoms with E-state index in [1.807, 2.05) is 0 Å². The molecule has 0 aromatic carbocycles. The van der Waals surface area contributed by atoms with Gasteiger partial charge in [-0.25, -0.2) is 4.98 Å². The average Bonchev–Trinajstić information content (AvgIpc) is 2.65. The molecule has 0 saturated heterocycles. The number of anilines is 1. The number of terminal acetylenes is 1. The monoisotopic (exact) mass is 203 g/mol. The Hall–Kier alpha value is -2.29. The third-order valence-corrected chi connectivity index (χ3v) is 1.79. The van der Waals surface area contributed by atoms with Crippen molar-refractivity contribution in [3.8, 4) is 18.2 Å². The molecule has 15 heavy (non-hydrogen) atoms. The number of nitrogens with one attached hydrogen (secondary N) is 1. The van der Waals surface area contributed by atoms with Gasteiger partial charge in [0.1, 0.15) is 5.52 Å². The van der Waals surface area contributed by atoms with Gasteiger partial charge in [-0.15, -0.1) is 6.42 Å². The third-order valence-electron chi connectivity index (χ3n) is 1.79. The highest BCUT2D eigenvalue weighted by molar-refractivity contribution is 5.76. The molecule has 0 aliphatic carbocycles. The molecule has 0 aliphatic heterocycles. The van der Waals surface area contributed by atoms with Crippen molar-refractivity contribution in [2.75, 3.05) is 5.73 Å². The molecule has 3 N–H and O–H groups in total. The number of H-pyrrole nitrogens is 1. The number of hydrogen-bond donors (Lipinski definition) is 2. The van der Waals surface area contributed by atoms with Gasteiger partial charge in [-0.1, -0.05) is 5.92 Å². The number of aromatic nitrogens is 4. The molecule has 2 rings (SSSR count). The van der Waals surface area contributed by atoms with Crippen molar-refractivity contribution in [3.05, 3.63) is 6.33 Å². The fourth-order valence-corrected chi connectivity index (χ4v) is 1.11. The highest BCUT2D eigenvalue weighted by Crippen LogP contribution is 2.20. The predicted molar refractivity (Wildman–Crippen MR) is 55.0 cm³/mol. The molecule has 2 heterocycles. The molecule has 0 radical (unpaired) electrons. The first kappa shape index (κ1) is 9.27. The maximum absolute atomic E-state index is 5.49. The van der Waals surface area contributed by atoms with Gasteiger partial charge >= 0.3 is 0 Å². The molecule has 2 aromatic heterocycles. The maximum atomic E-state index is 5.49. The summed E-state index contributed by atoms with van der Waals surface area (Å²) in [5, 5.41) is 0. The zero-order valence-corrected chi connectivity index (χ0v) is 8.06. The first-order valence-corrected chi connectivity index (χ1v) is 4.30. The van der Waals surface area contributed by atoms with Crippen LogP contribution in [0.5, 0.6) is 5.88 Å². The molecule has 0 bridgehead atoms. The zero-order chi connectivity index (χ0) is 10.8. The second-order valence-electron chi connectivity index (χ2n) is 2.91. The standard InChI is InChI=1S/C9H9N5O/c1-3-5(2)15-8-6-7(12-4-11-6)13-9(10)14-8/h1,4-5H,2H3,(H3,10,11,12,13,14). The fourth-order valence-electron chi connectivity index (χ4n) is 1.11. The number of fused-ring (bicyclic) bond motifs is 1. The van der Waals surface area contributed by atoms with Crippen molar-refractivity contribution in [2.45, 2.75) is 13.0 Å². The van der Waals surface area contributed by atoms with E-state index < -0.39 is 0 Å². The van der Waals surface area contributed by atoms with Crippen LogP contribution in [0.1, 0.15) is 6.92 Å².